The SMILES string of the molecule is CC(OCC(=O)C(F)(F)F)C1CCC2C3CC=C4CC(C)(O)CCC4(C)C3CCC12C. The second-order valence-electron chi connectivity index (χ2n) is 11.6. The lowest BCUT2D eigenvalue weighted by molar-refractivity contribution is -0.178. The smallest absolute Gasteiger partial charge is 0.390 e. The van der Waals surface area contributed by atoms with Crippen LogP contribution in [0.15, 0.2) is 11.6 Å². The summed E-state index contributed by atoms with van der Waals surface area (Å²) in [5.41, 5.74) is 1.04. The molecule has 0 heterocycles. The number of alkyl halides is 3. The van der Waals surface area contributed by atoms with Gasteiger partial charge in [-0.15, -0.1) is 0 Å². The third-order valence-corrected chi connectivity index (χ3v) is 9.81. The predicted octanol–water partition coefficient (Wildman–Crippen LogP) is 5.85. The van der Waals surface area contributed by atoms with Gasteiger partial charge in [0.1, 0.15) is 6.61 Å². The lowest BCUT2D eigenvalue weighted by atomic mass is 9.46. The van der Waals surface area contributed by atoms with Crippen molar-refractivity contribution in [2.24, 2.45) is 34.5 Å². The number of allylic oxidation sites excluding steroid dienone is 1. The van der Waals surface area contributed by atoms with Crippen molar-refractivity contribution in [1.82, 2.24) is 0 Å². The molecule has 0 aromatic heterocycles. The predicted molar refractivity (Wildman–Crippen MR) is 112 cm³/mol. The fourth-order valence-corrected chi connectivity index (χ4v) is 8.02. The highest BCUT2D eigenvalue weighted by Gasteiger charge is 2.60. The molecule has 4 rings (SSSR count). The van der Waals surface area contributed by atoms with Gasteiger partial charge in [-0.1, -0.05) is 25.5 Å². The Bertz CT molecular complexity index is 758. The van der Waals surface area contributed by atoms with E-state index >= 15 is 0 Å². The maximum absolute atomic E-state index is 12.6. The van der Waals surface area contributed by atoms with Crippen LogP contribution >= 0.6 is 0 Å². The maximum atomic E-state index is 12.6. The summed E-state index contributed by atoms with van der Waals surface area (Å²) in [6.45, 7) is 7.62. The number of fused-ring (bicyclic) bond motifs is 5. The Hall–Kier alpha value is -0.880. The molecule has 6 heteroatoms. The largest absolute Gasteiger partial charge is 0.452 e. The number of aliphatic hydroxyl groups is 1. The minimum Gasteiger partial charge on any atom is -0.390 e. The fraction of sp³-hybridized carbons (Fsp3) is 0.880. The van der Waals surface area contributed by atoms with E-state index in [1.165, 1.54) is 5.57 Å². The van der Waals surface area contributed by atoms with Crippen LogP contribution in [0.25, 0.3) is 0 Å². The van der Waals surface area contributed by atoms with Crippen LogP contribution in [0.1, 0.15) is 79.1 Å². The van der Waals surface area contributed by atoms with Gasteiger partial charge in [-0.25, -0.2) is 0 Å². The van der Waals surface area contributed by atoms with Crippen molar-refractivity contribution < 1.29 is 27.8 Å². The van der Waals surface area contributed by atoms with Gasteiger partial charge in [0, 0.05) is 0 Å². The average Bonchev–Trinajstić information content (AvgIpc) is 3.02. The van der Waals surface area contributed by atoms with Crippen molar-refractivity contribution in [2.45, 2.75) is 96.9 Å². The van der Waals surface area contributed by atoms with Crippen molar-refractivity contribution >= 4 is 5.78 Å². The number of carbonyl (C=O) groups excluding carboxylic acids is 1. The molecule has 0 aromatic rings. The number of ether oxygens (including phenoxy) is 1. The van der Waals surface area contributed by atoms with Gasteiger partial charge in [0.15, 0.2) is 0 Å². The Morgan fingerprint density at radius 2 is 1.87 bits per heavy atom. The van der Waals surface area contributed by atoms with Crippen LogP contribution in [0.2, 0.25) is 0 Å². The number of ketones is 1. The van der Waals surface area contributed by atoms with Crippen molar-refractivity contribution in [2.75, 3.05) is 6.61 Å². The van der Waals surface area contributed by atoms with Gasteiger partial charge in [0.05, 0.1) is 11.7 Å². The minimum absolute atomic E-state index is 0.0454. The lowest BCUT2D eigenvalue weighted by Gasteiger charge is -2.59. The molecule has 0 aliphatic heterocycles. The summed E-state index contributed by atoms with van der Waals surface area (Å²) in [5.74, 6) is 0.129. The molecule has 1 N–H and O–H groups in total. The van der Waals surface area contributed by atoms with E-state index in [-0.39, 0.29) is 22.9 Å². The Morgan fingerprint density at radius 3 is 2.55 bits per heavy atom. The number of hydrogen-bond donors (Lipinski definition) is 1. The van der Waals surface area contributed by atoms with E-state index < -0.39 is 24.2 Å². The Balaban J connectivity index is 1.49. The molecule has 0 bridgehead atoms. The fourth-order valence-electron chi connectivity index (χ4n) is 8.02. The van der Waals surface area contributed by atoms with Crippen molar-refractivity contribution in [1.29, 1.82) is 0 Å². The van der Waals surface area contributed by atoms with Gasteiger partial charge in [0.2, 0.25) is 0 Å². The quantitative estimate of drug-likeness (QED) is 0.555. The van der Waals surface area contributed by atoms with E-state index in [0.717, 1.165) is 51.4 Å². The second-order valence-corrected chi connectivity index (χ2v) is 11.6. The van der Waals surface area contributed by atoms with Crippen molar-refractivity contribution in [3.8, 4) is 0 Å². The first kappa shape index (κ1) is 23.3. The number of halogens is 3. The molecule has 3 nitrogen and oxygen atoms in total. The maximum Gasteiger partial charge on any atom is 0.452 e. The van der Waals surface area contributed by atoms with E-state index in [1.54, 1.807) is 0 Å². The van der Waals surface area contributed by atoms with Crippen LogP contribution in [0.3, 0.4) is 0 Å². The second kappa shape index (κ2) is 7.58. The van der Waals surface area contributed by atoms with Crippen LogP contribution < -0.4 is 0 Å². The average molecular weight is 443 g/mol. The molecule has 4 aliphatic carbocycles. The van der Waals surface area contributed by atoms with E-state index in [0.29, 0.717) is 17.8 Å². The first-order valence-corrected chi connectivity index (χ1v) is 11.9. The molecule has 8 unspecified atom stereocenters. The molecule has 0 saturated heterocycles. The monoisotopic (exact) mass is 442 g/mol. The molecular formula is C25H37F3O3. The van der Waals surface area contributed by atoms with Crippen molar-refractivity contribution in [3.63, 3.8) is 0 Å². The lowest BCUT2D eigenvalue weighted by Crippen LogP contribution is -2.52. The highest BCUT2D eigenvalue weighted by Crippen LogP contribution is 2.67. The van der Waals surface area contributed by atoms with E-state index in [1.807, 2.05) is 13.8 Å². The number of carbonyl (C=O) groups is 1. The van der Waals surface area contributed by atoms with E-state index in [2.05, 4.69) is 19.9 Å². The molecule has 3 saturated carbocycles. The van der Waals surface area contributed by atoms with Crippen LogP contribution in [-0.2, 0) is 9.53 Å². The molecular weight excluding hydrogens is 405 g/mol. The summed E-state index contributed by atoms with van der Waals surface area (Å²) >= 11 is 0. The van der Waals surface area contributed by atoms with Gasteiger partial charge in [-0.05, 0) is 99.7 Å². The van der Waals surface area contributed by atoms with Gasteiger partial charge in [-0.3, -0.25) is 4.79 Å². The van der Waals surface area contributed by atoms with E-state index in [9.17, 15) is 23.1 Å². The highest BCUT2D eigenvalue weighted by molar-refractivity contribution is 5.85. The molecule has 4 aliphatic rings. The molecule has 0 spiro atoms. The topological polar surface area (TPSA) is 46.5 Å². The van der Waals surface area contributed by atoms with Gasteiger partial charge in [0.25, 0.3) is 5.78 Å². The number of rotatable bonds is 4. The first-order valence-electron chi connectivity index (χ1n) is 11.9. The highest BCUT2D eigenvalue weighted by atomic mass is 19.4. The van der Waals surface area contributed by atoms with E-state index in [4.69, 9.17) is 4.74 Å². The normalized spacial score (nSPS) is 45.9. The Labute approximate surface area is 183 Å². The molecule has 8 atom stereocenters. The number of hydrogen-bond acceptors (Lipinski definition) is 3. The molecule has 0 aromatic carbocycles. The summed E-state index contributed by atoms with van der Waals surface area (Å²) < 4.78 is 43.2. The van der Waals surface area contributed by atoms with Gasteiger partial charge >= 0.3 is 6.18 Å². The van der Waals surface area contributed by atoms with Gasteiger partial charge in [-0.2, -0.15) is 13.2 Å². The summed E-state index contributed by atoms with van der Waals surface area (Å²) in [6, 6.07) is 0. The molecule has 176 valence electrons. The molecule has 0 amide bonds. The zero-order chi connectivity index (χ0) is 22.8. The molecule has 0 radical (unpaired) electrons. The standard InChI is InChI=1S/C25H37F3O3/c1-15(31-14-21(29)25(26,27)28)18-7-8-19-17-6-5-16-13-22(2,30)11-12-23(16,3)20(17)9-10-24(18,19)4/h5,15,17-20,30H,6-14H2,1-4H3. The van der Waals surface area contributed by atoms with Gasteiger partial charge < -0.3 is 9.84 Å². The Morgan fingerprint density at radius 1 is 1.16 bits per heavy atom. The first-order chi connectivity index (χ1) is 14.3. The zero-order valence-electron chi connectivity index (χ0n) is 19.2. The van der Waals surface area contributed by atoms with Crippen LogP contribution in [0, 0.1) is 34.5 Å². The van der Waals surface area contributed by atoms with Crippen LogP contribution in [0.4, 0.5) is 13.2 Å². The third-order valence-electron chi connectivity index (χ3n) is 9.81. The summed E-state index contributed by atoms with van der Waals surface area (Å²) in [7, 11) is 0. The Kier molecular flexibility index (Phi) is 5.69. The summed E-state index contributed by atoms with van der Waals surface area (Å²) in [5, 5.41) is 10.6. The number of Topliss-reactive ketones (excluding diaryl/α,β-unsaturated/α-hetero) is 1. The van der Waals surface area contributed by atoms with Crippen LogP contribution in [0.5, 0.6) is 0 Å². The zero-order valence-corrected chi connectivity index (χ0v) is 19.2. The summed E-state index contributed by atoms with van der Waals surface area (Å²) in [4.78, 5) is 11.3. The minimum atomic E-state index is -4.83. The summed E-state index contributed by atoms with van der Waals surface area (Å²) in [6.07, 6.45) is 5.12. The molecule has 3 fully saturated rings. The third kappa shape index (κ3) is 3.90. The molecule has 31 heavy (non-hydrogen) atoms. The van der Waals surface area contributed by atoms with Crippen molar-refractivity contribution in [3.05, 3.63) is 11.6 Å². The van der Waals surface area contributed by atoms with Crippen LogP contribution in [-0.4, -0.2) is 35.4 Å².